The summed E-state index contributed by atoms with van der Waals surface area (Å²) >= 11 is 6.49. The lowest BCUT2D eigenvalue weighted by Gasteiger charge is -2.24. The average molecular weight is 476 g/mol. The summed E-state index contributed by atoms with van der Waals surface area (Å²) in [6, 6.07) is 9.96. The number of aromatic nitrogens is 4. The first kappa shape index (κ1) is 22.3. The van der Waals surface area contributed by atoms with E-state index in [1.165, 1.54) is 0 Å². The molecule has 0 radical (unpaired) electrons. The van der Waals surface area contributed by atoms with Crippen LogP contribution in [0, 0.1) is 12.8 Å². The monoisotopic (exact) mass is 475 g/mol. The molecular formula is C26H26ClN5O2. The lowest BCUT2D eigenvalue weighted by atomic mass is 9.85. The predicted octanol–water partition coefficient (Wildman–Crippen LogP) is 4.99. The topological polar surface area (TPSA) is 81.9 Å². The normalized spacial score (nSPS) is 13.6. The summed E-state index contributed by atoms with van der Waals surface area (Å²) in [4.78, 5) is 21.3. The van der Waals surface area contributed by atoms with Crippen LogP contribution in [0.3, 0.4) is 0 Å². The fourth-order valence-corrected chi connectivity index (χ4v) is 4.51. The standard InChI is InChI=1S/C26H26ClN5O2/c1-16-11-20(23-9-10-30-32(23)2)19-7-4-8-24(25(19)31-16)34-15-21-18(12-28-14-22(21)27)13-29-26(33)17-5-3-6-17/h4,7-12,14,17H,3,5-6,13,15H2,1-2H3,(H,29,33). The van der Waals surface area contributed by atoms with Crippen LogP contribution in [-0.2, 0) is 25.0 Å². The van der Waals surface area contributed by atoms with Gasteiger partial charge >= 0.3 is 0 Å². The number of nitrogens with one attached hydrogen (secondary N) is 1. The number of carbonyl (C=O) groups excluding carboxylic acids is 1. The molecule has 3 aromatic heterocycles. The number of para-hydroxylation sites is 1. The van der Waals surface area contributed by atoms with Crippen LogP contribution in [0.2, 0.25) is 5.02 Å². The van der Waals surface area contributed by atoms with Crippen LogP contribution in [0.25, 0.3) is 22.2 Å². The molecule has 0 bridgehead atoms. The second-order valence-electron chi connectivity index (χ2n) is 8.70. The highest BCUT2D eigenvalue weighted by atomic mass is 35.5. The highest BCUT2D eigenvalue weighted by Gasteiger charge is 2.25. The zero-order chi connectivity index (χ0) is 23.7. The van der Waals surface area contributed by atoms with Crippen LogP contribution in [-0.4, -0.2) is 25.7 Å². The lowest BCUT2D eigenvalue weighted by molar-refractivity contribution is -0.127. The number of nitrogens with zero attached hydrogens (tertiary/aromatic N) is 4. The molecule has 174 valence electrons. The molecule has 0 unspecified atom stereocenters. The van der Waals surface area contributed by atoms with Gasteiger partial charge in [0.15, 0.2) is 0 Å². The predicted molar refractivity (Wildman–Crippen MR) is 131 cm³/mol. The van der Waals surface area contributed by atoms with E-state index < -0.39 is 0 Å². The molecule has 7 nitrogen and oxygen atoms in total. The number of aryl methyl sites for hydroxylation is 2. The summed E-state index contributed by atoms with van der Waals surface area (Å²) in [5, 5.41) is 8.83. The minimum atomic E-state index is 0.0921. The van der Waals surface area contributed by atoms with Crippen molar-refractivity contribution in [3.63, 3.8) is 0 Å². The number of hydrogen-bond acceptors (Lipinski definition) is 5. The van der Waals surface area contributed by atoms with Gasteiger partial charge in [0.05, 0.1) is 10.7 Å². The van der Waals surface area contributed by atoms with Crippen LogP contribution in [0.1, 0.15) is 36.1 Å². The summed E-state index contributed by atoms with van der Waals surface area (Å²) < 4.78 is 8.11. The van der Waals surface area contributed by atoms with Gasteiger partial charge in [0, 0.05) is 60.3 Å². The molecule has 1 aliphatic rings. The first-order chi connectivity index (χ1) is 16.5. The molecule has 0 saturated heterocycles. The minimum absolute atomic E-state index is 0.0921. The Labute approximate surface area is 203 Å². The van der Waals surface area contributed by atoms with E-state index in [1.54, 1.807) is 18.6 Å². The summed E-state index contributed by atoms with van der Waals surface area (Å²) in [6.07, 6.45) is 8.17. The Morgan fingerprint density at radius 2 is 2.12 bits per heavy atom. The van der Waals surface area contributed by atoms with Crippen molar-refractivity contribution in [2.24, 2.45) is 13.0 Å². The van der Waals surface area contributed by atoms with Gasteiger partial charge in [0.25, 0.3) is 0 Å². The van der Waals surface area contributed by atoms with Crippen molar-refractivity contribution in [3.05, 3.63) is 70.8 Å². The molecule has 1 aliphatic carbocycles. The van der Waals surface area contributed by atoms with E-state index in [-0.39, 0.29) is 18.4 Å². The molecule has 8 heteroatoms. The summed E-state index contributed by atoms with van der Waals surface area (Å²) in [5.41, 5.74) is 5.38. The maximum Gasteiger partial charge on any atom is 0.223 e. The Bertz CT molecular complexity index is 1360. The van der Waals surface area contributed by atoms with Crippen LogP contribution in [0.5, 0.6) is 5.75 Å². The molecule has 4 aromatic rings. The number of ether oxygens (including phenoxy) is 1. The molecule has 0 aliphatic heterocycles. The molecule has 1 aromatic carbocycles. The molecule has 0 atom stereocenters. The van der Waals surface area contributed by atoms with Crippen LogP contribution in [0.4, 0.5) is 0 Å². The van der Waals surface area contributed by atoms with Gasteiger partial charge in [-0.15, -0.1) is 0 Å². The SMILES string of the molecule is Cc1cc(-c2ccnn2C)c2cccc(OCc3c(Cl)cncc3CNC(=O)C3CCC3)c2n1. The van der Waals surface area contributed by atoms with Crippen molar-refractivity contribution in [2.45, 2.75) is 39.3 Å². The van der Waals surface area contributed by atoms with E-state index in [1.807, 2.05) is 42.9 Å². The van der Waals surface area contributed by atoms with Crippen molar-refractivity contribution in [2.75, 3.05) is 0 Å². The Morgan fingerprint density at radius 3 is 2.85 bits per heavy atom. The zero-order valence-corrected chi connectivity index (χ0v) is 20.0. The molecule has 5 rings (SSSR count). The molecule has 34 heavy (non-hydrogen) atoms. The zero-order valence-electron chi connectivity index (χ0n) is 19.2. The smallest absolute Gasteiger partial charge is 0.223 e. The van der Waals surface area contributed by atoms with Gasteiger partial charge in [-0.3, -0.25) is 14.5 Å². The molecule has 1 saturated carbocycles. The second kappa shape index (κ2) is 9.43. The van der Waals surface area contributed by atoms with E-state index in [4.69, 9.17) is 21.3 Å². The van der Waals surface area contributed by atoms with Crippen LogP contribution >= 0.6 is 11.6 Å². The van der Waals surface area contributed by atoms with Crippen molar-refractivity contribution in [1.82, 2.24) is 25.1 Å². The highest BCUT2D eigenvalue weighted by Crippen LogP contribution is 2.34. The summed E-state index contributed by atoms with van der Waals surface area (Å²) in [7, 11) is 1.92. The van der Waals surface area contributed by atoms with Gasteiger partial charge in [0.1, 0.15) is 17.9 Å². The average Bonchev–Trinajstić information content (AvgIpc) is 3.21. The Balaban J connectivity index is 1.42. The largest absolute Gasteiger partial charge is 0.487 e. The van der Waals surface area contributed by atoms with Gasteiger partial charge in [-0.25, -0.2) is 4.98 Å². The number of halogens is 1. The highest BCUT2D eigenvalue weighted by molar-refractivity contribution is 6.31. The van der Waals surface area contributed by atoms with E-state index in [9.17, 15) is 4.79 Å². The number of carbonyl (C=O) groups is 1. The van der Waals surface area contributed by atoms with Crippen molar-refractivity contribution in [3.8, 4) is 17.0 Å². The molecule has 1 fully saturated rings. The summed E-state index contributed by atoms with van der Waals surface area (Å²) in [5.74, 6) is 0.891. The van der Waals surface area contributed by atoms with Gasteiger partial charge < -0.3 is 10.1 Å². The number of rotatable bonds is 7. The number of amides is 1. The number of fused-ring (bicyclic) bond motifs is 1. The number of hydrogen-bond donors (Lipinski definition) is 1. The fraction of sp³-hybridized carbons (Fsp3) is 0.308. The summed E-state index contributed by atoms with van der Waals surface area (Å²) in [6.45, 7) is 2.59. The minimum Gasteiger partial charge on any atom is -0.487 e. The Kier molecular flexibility index (Phi) is 6.20. The van der Waals surface area contributed by atoms with Crippen molar-refractivity contribution < 1.29 is 9.53 Å². The molecule has 3 heterocycles. The lowest BCUT2D eigenvalue weighted by Crippen LogP contribution is -2.34. The Hall–Kier alpha value is -3.45. The van der Waals surface area contributed by atoms with Crippen molar-refractivity contribution in [1.29, 1.82) is 0 Å². The maximum atomic E-state index is 12.3. The third kappa shape index (κ3) is 4.35. The van der Waals surface area contributed by atoms with Gasteiger partial charge in [0.2, 0.25) is 5.91 Å². The third-order valence-corrected chi connectivity index (χ3v) is 6.75. The molecule has 1 N–H and O–H groups in total. The van der Waals surface area contributed by atoms with E-state index in [0.717, 1.165) is 58.2 Å². The van der Waals surface area contributed by atoms with E-state index in [0.29, 0.717) is 17.3 Å². The van der Waals surface area contributed by atoms with Crippen molar-refractivity contribution >= 4 is 28.4 Å². The van der Waals surface area contributed by atoms with E-state index >= 15 is 0 Å². The molecular weight excluding hydrogens is 450 g/mol. The number of pyridine rings is 2. The quantitative estimate of drug-likeness (QED) is 0.407. The van der Waals surface area contributed by atoms with Gasteiger partial charge in [-0.1, -0.05) is 30.2 Å². The van der Waals surface area contributed by atoms with Gasteiger partial charge in [-0.2, -0.15) is 5.10 Å². The van der Waals surface area contributed by atoms with Crippen LogP contribution in [0.15, 0.2) is 48.9 Å². The second-order valence-corrected chi connectivity index (χ2v) is 9.10. The molecule has 1 amide bonds. The molecule has 0 spiro atoms. The first-order valence-corrected chi connectivity index (χ1v) is 11.8. The van der Waals surface area contributed by atoms with Crippen LogP contribution < -0.4 is 10.1 Å². The third-order valence-electron chi connectivity index (χ3n) is 6.42. The number of benzene rings is 1. The maximum absolute atomic E-state index is 12.3. The Morgan fingerprint density at radius 1 is 1.26 bits per heavy atom. The fourth-order valence-electron chi connectivity index (χ4n) is 4.28. The first-order valence-electron chi connectivity index (χ1n) is 11.4. The van der Waals surface area contributed by atoms with Gasteiger partial charge in [-0.05, 0) is 43.5 Å². The van der Waals surface area contributed by atoms with E-state index in [2.05, 4.69) is 21.5 Å².